The van der Waals surface area contributed by atoms with Gasteiger partial charge >= 0.3 is 11.9 Å². The first-order valence-electron chi connectivity index (χ1n) is 9.59. The predicted molar refractivity (Wildman–Crippen MR) is 112 cm³/mol. The van der Waals surface area contributed by atoms with Gasteiger partial charge in [0.1, 0.15) is 11.9 Å². The van der Waals surface area contributed by atoms with Crippen molar-refractivity contribution in [1.29, 1.82) is 5.26 Å². The highest BCUT2D eigenvalue weighted by Gasteiger charge is 2.40. The van der Waals surface area contributed by atoms with Crippen molar-refractivity contribution < 1.29 is 19.1 Å². The van der Waals surface area contributed by atoms with Gasteiger partial charge in [0, 0.05) is 5.70 Å². The van der Waals surface area contributed by atoms with Gasteiger partial charge in [-0.2, -0.15) is 5.26 Å². The molecule has 1 saturated carbocycles. The Kier molecular flexibility index (Phi) is 5.22. The summed E-state index contributed by atoms with van der Waals surface area (Å²) >= 11 is 1.39. The van der Waals surface area contributed by atoms with E-state index in [9.17, 15) is 14.9 Å². The second kappa shape index (κ2) is 7.84. The molecule has 1 aromatic carbocycles. The molecule has 0 spiro atoms. The number of nitrogens with zero attached hydrogens (tertiary/aromatic N) is 1. The molecule has 1 aliphatic carbocycles. The molecule has 30 heavy (non-hydrogen) atoms. The summed E-state index contributed by atoms with van der Waals surface area (Å²) in [6, 6.07) is 7.58. The van der Waals surface area contributed by atoms with Gasteiger partial charge in [-0.15, -0.1) is 11.3 Å². The zero-order valence-corrected chi connectivity index (χ0v) is 17.5. The summed E-state index contributed by atoms with van der Waals surface area (Å²) in [4.78, 5) is 25.8. The number of dihydropyridines is 1. The minimum atomic E-state index is -0.756. The summed E-state index contributed by atoms with van der Waals surface area (Å²) < 4.78 is 11.3. The zero-order chi connectivity index (χ0) is 21.4. The summed E-state index contributed by atoms with van der Waals surface area (Å²) in [5.41, 5.74) is 8.47. The van der Waals surface area contributed by atoms with Crippen LogP contribution in [-0.2, 0) is 19.1 Å². The molecule has 1 fully saturated rings. The number of nitrogens with one attached hydrogen (secondary N) is 1. The van der Waals surface area contributed by atoms with Crippen molar-refractivity contribution in [2.75, 3.05) is 13.7 Å². The third kappa shape index (κ3) is 3.42. The fraction of sp³-hybridized carbons (Fsp3) is 0.318. The lowest BCUT2D eigenvalue weighted by atomic mass is 9.81. The quantitative estimate of drug-likeness (QED) is 0.711. The summed E-state index contributed by atoms with van der Waals surface area (Å²) in [5, 5.41) is 15.0. The number of thiophene rings is 1. The standard InChI is InChI=1S/C22H21N3O4S/c1-11-16(21(26)28-2)17(15-10-30-19-13(8-23)4-3-5-14(15)19)18(20(24)25-11)22(27)29-9-12-6-7-12/h3-5,10,12,17,25H,6-7,9,24H2,1-2H3. The Balaban J connectivity index is 1.87. The van der Waals surface area contributed by atoms with Crippen molar-refractivity contribution in [3.05, 3.63) is 57.4 Å². The van der Waals surface area contributed by atoms with Gasteiger partial charge in [0.25, 0.3) is 0 Å². The average Bonchev–Trinajstić information content (AvgIpc) is 3.47. The molecule has 4 rings (SSSR count). The highest BCUT2D eigenvalue weighted by atomic mass is 32.1. The maximum Gasteiger partial charge on any atom is 0.338 e. The molecule has 8 heteroatoms. The highest BCUT2D eigenvalue weighted by molar-refractivity contribution is 7.17. The van der Waals surface area contributed by atoms with Crippen LogP contribution in [0, 0.1) is 17.2 Å². The Morgan fingerprint density at radius 1 is 1.30 bits per heavy atom. The Bertz CT molecular complexity index is 1150. The highest BCUT2D eigenvalue weighted by Crippen LogP contribution is 2.44. The van der Waals surface area contributed by atoms with Crippen LogP contribution >= 0.6 is 11.3 Å². The van der Waals surface area contributed by atoms with Crippen LogP contribution in [0.15, 0.2) is 46.2 Å². The average molecular weight is 423 g/mol. The molecule has 0 radical (unpaired) electrons. The smallest absolute Gasteiger partial charge is 0.338 e. The Hall–Kier alpha value is -3.31. The lowest BCUT2D eigenvalue weighted by molar-refractivity contribution is -0.140. The van der Waals surface area contributed by atoms with E-state index in [0.29, 0.717) is 29.4 Å². The van der Waals surface area contributed by atoms with E-state index in [0.717, 1.165) is 28.5 Å². The van der Waals surface area contributed by atoms with Crippen LogP contribution in [0.4, 0.5) is 0 Å². The Morgan fingerprint density at radius 3 is 2.73 bits per heavy atom. The van der Waals surface area contributed by atoms with E-state index in [4.69, 9.17) is 15.2 Å². The number of fused-ring (bicyclic) bond motifs is 1. The largest absolute Gasteiger partial charge is 0.466 e. The molecule has 2 aromatic rings. The minimum Gasteiger partial charge on any atom is -0.466 e. The topological polar surface area (TPSA) is 114 Å². The van der Waals surface area contributed by atoms with Crippen molar-refractivity contribution in [2.24, 2.45) is 11.7 Å². The summed E-state index contributed by atoms with van der Waals surface area (Å²) in [6.45, 7) is 2.05. The summed E-state index contributed by atoms with van der Waals surface area (Å²) in [5.74, 6) is -1.32. The van der Waals surface area contributed by atoms with Crippen LogP contribution in [0.25, 0.3) is 10.1 Å². The lowest BCUT2D eigenvalue weighted by Gasteiger charge is -2.29. The van der Waals surface area contributed by atoms with Crippen LogP contribution in [0.3, 0.4) is 0 Å². The van der Waals surface area contributed by atoms with Gasteiger partial charge in [0.15, 0.2) is 0 Å². The molecule has 1 aliphatic heterocycles. The fourth-order valence-electron chi connectivity index (χ4n) is 3.72. The molecular weight excluding hydrogens is 402 g/mol. The fourth-order valence-corrected chi connectivity index (χ4v) is 4.78. The maximum atomic E-state index is 13.0. The van der Waals surface area contributed by atoms with Gasteiger partial charge < -0.3 is 20.5 Å². The number of nitrogens with two attached hydrogens (primary N) is 1. The Labute approximate surface area is 177 Å². The Morgan fingerprint density at radius 2 is 2.07 bits per heavy atom. The minimum absolute atomic E-state index is 0.154. The van der Waals surface area contributed by atoms with Crippen LogP contribution in [-0.4, -0.2) is 25.7 Å². The summed E-state index contributed by atoms with van der Waals surface area (Å²) in [6.07, 6.45) is 2.09. The van der Waals surface area contributed by atoms with Gasteiger partial charge in [-0.1, -0.05) is 12.1 Å². The van der Waals surface area contributed by atoms with Crippen LogP contribution in [0.2, 0.25) is 0 Å². The molecule has 7 nitrogen and oxygen atoms in total. The predicted octanol–water partition coefficient (Wildman–Crippen LogP) is 3.03. The van der Waals surface area contributed by atoms with E-state index >= 15 is 0 Å². The van der Waals surface area contributed by atoms with Crippen molar-refractivity contribution in [2.45, 2.75) is 25.7 Å². The van der Waals surface area contributed by atoms with E-state index in [1.807, 2.05) is 11.4 Å². The number of hydrogen-bond donors (Lipinski definition) is 2. The lowest BCUT2D eigenvalue weighted by Crippen LogP contribution is -2.36. The van der Waals surface area contributed by atoms with E-state index in [2.05, 4.69) is 11.4 Å². The second-order valence-corrected chi connectivity index (χ2v) is 8.32. The number of esters is 2. The van der Waals surface area contributed by atoms with Gasteiger partial charge in [-0.25, -0.2) is 9.59 Å². The first kappa shape index (κ1) is 20.0. The third-order valence-corrected chi connectivity index (χ3v) is 6.47. The SMILES string of the molecule is COC(=O)C1=C(C)NC(N)=C(C(=O)OCC2CC2)C1c1csc2c(C#N)cccc12. The number of methoxy groups -OCH3 is 1. The molecular formula is C22H21N3O4S. The maximum absolute atomic E-state index is 13.0. The molecule has 2 heterocycles. The zero-order valence-electron chi connectivity index (χ0n) is 16.7. The number of ether oxygens (including phenoxy) is 2. The second-order valence-electron chi connectivity index (χ2n) is 7.44. The number of benzene rings is 1. The van der Waals surface area contributed by atoms with Gasteiger partial charge in [-0.3, -0.25) is 0 Å². The monoisotopic (exact) mass is 423 g/mol. The van der Waals surface area contributed by atoms with Gasteiger partial charge in [0.05, 0.1) is 41.0 Å². The van der Waals surface area contributed by atoms with E-state index < -0.39 is 17.9 Å². The number of carbonyl (C=O) groups excluding carboxylic acids is 2. The number of allylic oxidation sites excluding steroid dienone is 1. The van der Waals surface area contributed by atoms with Gasteiger partial charge in [0.2, 0.25) is 0 Å². The third-order valence-electron chi connectivity index (χ3n) is 5.43. The van der Waals surface area contributed by atoms with Gasteiger partial charge in [-0.05, 0) is 48.1 Å². The molecule has 1 aromatic heterocycles. The number of nitriles is 1. The van der Waals surface area contributed by atoms with Crippen LogP contribution in [0.1, 0.15) is 36.8 Å². The van der Waals surface area contributed by atoms with Crippen molar-refractivity contribution in [3.63, 3.8) is 0 Å². The number of carbonyl (C=O) groups is 2. The van der Waals surface area contributed by atoms with Crippen molar-refractivity contribution in [1.82, 2.24) is 5.32 Å². The number of hydrogen-bond acceptors (Lipinski definition) is 8. The molecule has 3 N–H and O–H groups in total. The molecule has 1 atom stereocenters. The molecule has 0 bridgehead atoms. The van der Waals surface area contributed by atoms with E-state index in [1.54, 1.807) is 19.1 Å². The first-order chi connectivity index (χ1) is 14.5. The molecule has 2 aliphatic rings. The van der Waals surface area contributed by atoms with E-state index in [-0.39, 0.29) is 11.4 Å². The molecule has 154 valence electrons. The van der Waals surface area contributed by atoms with Crippen molar-refractivity contribution >= 4 is 33.4 Å². The van der Waals surface area contributed by atoms with E-state index in [1.165, 1.54) is 18.4 Å². The molecule has 0 saturated heterocycles. The molecule has 1 unspecified atom stereocenters. The van der Waals surface area contributed by atoms with Crippen LogP contribution in [0.5, 0.6) is 0 Å². The summed E-state index contributed by atoms with van der Waals surface area (Å²) in [7, 11) is 1.30. The normalized spacial score (nSPS) is 18.8. The molecule has 0 amide bonds. The first-order valence-corrected chi connectivity index (χ1v) is 10.5. The van der Waals surface area contributed by atoms with Crippen LogP contribution < -0.4 is 11.1 Å². The number of rotatable bonds is 5. The van der Waals surface area contributed by atoms with Crippen molar-refractivity contribution in [3.8, 4) is 6.07 Å².